The summed E-state index contributed by atoms with van der Waals surface area (Å²) in [7, 11) is 2.05. The molecule has 2 aromatic carbocycles. The number of carbonyl (C=O) groups is 1. The Morgan fingerprint density at radius 3 is 2.79 bits per heavy atom. The molecule has 1 atom stereocenters. The van der Waals surface area contributed by atoms with E-state index >= 15 is 0 Å². The van der Waals surface area contributed by atoms with Crippen LogP contribution in [0.1, 0.15) is 41.1 Å². The van der Waals surface area contributed by atoms with Crippen molar-refractivity contribution in [2.75, 3.05) is 18.9 Å². The molecular formula is C21H26N2O. The molecule has 0 saturated carbocycles. The van der Waals surface area contributed by atoms with Crippen molar-refractivity contribution in [2.45, 2.75) is 39.2 Å². The highest BCUT2D eigenvalue weighted by Crippen LogP contribution is 2.33. The zero-order valence-corrected chi connectivity index (χ0v) is 14.8. The summed E-state index contributed by atoms with van der Waals surface area (Å²) >= 11 is 0. The minimum atomic E-state index is 0.0502. The largest absolute Gasteiger partial charge is 0.325 e. The third kappa shape index (κ3) is 3.51. The molecule has 126 valence electrons. The molecule has 0 unspecified atom stereocenters. The second-order valence-electron chi connectivity index (χ2n) is 6.82. The number of carbonyl (C=O) groups excluding carboxylic acids is 1. The molecule has 0 bridgehead atoms. The first-order chi connectivity index (χ1) is 11.6. The first kappa shape index (κ1) is 16.7. The summed E-state index contributed by atoms with van der Waals surface area (Å²) < 4.78 is 0. The normalized spacial score (nSPS) is 16.8. The molecular weight excluding hydrogens is 296 g/mol. The van der Waals surface area contributed by atoms with E-state index in [-0.39, 0.29) is 5.91 Å². The molecule has 0 spiro atoms. The minimum Gasteiger partial charge on any atom is -0.325 e. The Morgan fingerprint density at radius 2 is 1.96 bits per heavy atom. The molecule has 1 N–H and O–H groups in total. The third-order valence-corrected chi connectivity index (χ3v) is 5.14. The van der Waals surface area contributed by atoms with Crippen molar-refractivity contribution in [3.8, 4) is 0 Å². The molecule has 1 aliphatic rings. The molecule has 0 radical (unpaired) electrons. The van der Waals surface area contributed by atoms with Crippen molar-refractivity contribution in [1.82, 2.24) is 4.90 Å². The summed E-state index contributed by atoms with van der Waals surface area (Å²) in [5, 5.41) is 3.06. The van der Waals surface area contributed by atoms with Gasteiger partial charge in [-0.2, -0.15) is 0 Å². The molecule has 3 heteroatoms. The number of anilines is 1. The number of fused-ring (bicyclic) bond motifs is 1. The number of hydrogen-bond donors (Lipinski definition) is 1. The van der Waals surface area contributed by atoms with E-state index in [1.54, 1.807) is 0 Å². The van der Waals surface area contributed by atoms with Gasteiger partial charge in [-0.15, -0.1) is 0 Å². The van der Waals surface area contributed by atoms with Crippen LogP contribution >= 0.6 is 0 Å². The van der Waals surface area contributed by atoms with Gasteiger partial charge in [0.2, 0.25) is 5.91 Å². The van der Waals surface area contributed by atoms with E-state index in [1.165, 1.54) is 23.1 Å². The van der Waals surface area contributed by atoms with Crippen LogP contribution in [0.3, 0.4) is 0 Å². The molecule has 2 aromatic rings. The fourth-order valence-electron chi connectivity index (χ4n) is 3.60. The number of aryl methyl sites for hydroxylation is 2. The summed E-state index contributed by atoms with van der Waals surface area (Å²) in [5.74, 6) is 0.0502. The number of benzene rings is 2. The van der Waals surface area contributed by atoms with Crippen LogP contribution in [0, 0.1) is 13.8 Å². The van der Waals surface area contributed by atoms with Crippen molar-refractivity contribution < 1.29 is 4.79 Å². The summed E-state index contributed by atoms with van der Waals surface area (Å²) in [6, 6.07) is 15.0. The highest BCUT2D eigenvalue weighted by molar-refractivity contribution is 5.93. The molecule has 0 aliphatic heterocycles. The second kappa shape index (κ2) is 7.18. The van der Waals surface area contributed by atoms with Gasteiger partial charge in [0.25, 0.3) is 0 Å². The van der Waals surface area contributed by atoms with E-state index in [4.69, 9.17) is 0 Å². The van der Waals surface area contributed by atoms with Gasteiger partial charge < -0.3 is 5.32 Å². The Hall–Kier alpha value is -2.13. The maximum Gasteiger partial charge on any atom is 0.238 e. The van der Waals surface area contributed by atoms with Crippen molar-refractivity contribution >= 4 is 11.6 Å². The van der Waals surface area contributed by atoms with Crippen molar-refractivity contribution in [3.05, 3.63) is 64.7 Å². The average Bonchev–Trinajstić information content (AvgIpc) is 2.58. The lowest BCUT2D eigenvalue weighted by molar-refractivity contribution is -0.117. The molecule has 0 aromatic heterocycles. The zero-order valence-electron chi connectivity index (χ0n) is 14.8. The molecule has 1 aliphatic carbocycles. The molecule has 1 amide bonds. The number of rotatable bonds is 4. The van der Waals surface area contributed by atoms with Gasteiger partial charge in [0.15, 0.2) is 0 Å². The van der Waals surface area contributed by atoms with E-state index in [0.29, 0.717) is 12.6 Å². The van der Waals surface area contributed by atoms with E-state index < -0.39 is 0 Å². The lowest BCUT2D eigenvalue weighted by Crippen LogP contribution is -2.35. The van der Waals surface area contributed by atoms with Gasteiger partial charge >= 0.3 is 0 Å². The van der Waals surface area contributed by atoms with Crippen LogP contribution in [0.4, 0.5) is 5.69 Å². The van der Waals surface area contributed by atoms with Crippen LogP contribution in [0.15, 0.2) is 42.5 Å². The first-order valence-corrected chi connectivity index (χ1v) is 8.70. The molecule has 3 nitrogen and oxygen atoms in total. The average molecular weight is 322 g/mol. The number of nitrogens with zero attached hydrogens (tertiary/aromatic N) is 1. The van der Waals surface area contributed by atoms with E-state index in [9.17, 15) is 4.79 Å². The Morgan fingerprint density at radius 1 is 1.17 bits per heavy atom. The monoisotopic (exact) mass is 322 g/mol. The van der Waals surface area contributed by atoms with E-state index in [1.807, 2.05) is 19.1 Å². The van der Waals surface area contributed by atoms with Crippen LogP contribution in [0.2, 0.25) is 0 Å². The Balaban J connectivity index is 1.68. The molecule has 0 heterocycles. The second-order valence-corrected chi connectivity index (χ2v) is 6.82. The SMILES string of the molecule is Cc1cccc(NC(=O)CN(C)[C@@H]2CCCc3ccccc32)c1C. The lowest BCUT2D eigenvalue weighted by Gasteiger charge is -2.33. The lowest BCUT2D eigenvalue weighted by atomic mass is 9.87. The predicted molar refractivity (Wildman–Crippen MR) is 99.3 cm³/mol. The van der Waals surface area contributed by atoms with Crippen LogP contribution < -0.4 is 5.32 Å². The quantitative estimate of drug-likeness (QED) is 0.912. The Bertz CT molecular complexity index is 738. The summed E-state index contributed by atoms with van der Waals surface area (Å²) in [5.41, 5.74) is 6.05. The Kier molecular flexibility index (Phi) is 5.00. The van der Waals surface area contributed by atoms with Gasteiger partial charge in [-0.25, -0.2) is 0 Å². The molecule has 0 fully saturated rings. The number of hydrogen-bond acceptors (Lipinski definition) is 2. The van der Waals surface area contributed by atoms with Gasteiger partial charge in [-0.05, 0) is 68.5 Å². The van der Waals surface area contributed by atoms with Crippen LogP contribution in [0.5, 0.6) is 0 Å². The van der Waals surface area contributed by atoms with Crippen molar-refractivity contribution in [3.63, 3.8) is 0 Å². The number of nitrogens with one attached hydrogen (secondary N) is 1. The van der Waals surface area contributed by atoms with Gasteiger partial charge in [0.05, 0.1) is 6.54 Å². The fraction of sp³-hybridized carbons (Fsp3) is 0.381. The van der Waals surface area contributed by atoms with Gasteiger partial charge in [0.1, 0.15) is 0 Å². The summed E-state index contributed by atoms with van der Waals surface area (Å²) in [6.45, 7) is 4.52. The maximum absolute atomic E-state index is 12.5. The third-order valence-electron chi connectivity index (χ3n) is 5.14. The highest BCUT2D eigenvalue weighted by atomic mass is 16.2. The zero-order chi connectivity index (χ0) is 17.1. The van der Waals surface area contributed by atoms with Gasteiger partial charge in [-0.1, -0.05) is 36.4 Å². The Labute approximate surface area is 144 Å². The summed E-state index contributed by atoms with van der Waals surface area (Å²) in [6.07, 6.45) is 3.45. The fourth-order valence-corrected chi connectivity index (χ4v) is 3.60. The smallest absolute Gasteiger partial charge is 0.238 e. The molecule has 24 heavy (non-hydrogen) atoms. The topological polar surface area (TPSA) is 32.3 Å². The van der Waals surface area contributed by atoms with Gasteiger partial charge in [0, 0.05) is 11.7 Å². The number of likely N-dealkylation sites (N-methyl/N-ethyl adjacent to an activating group) is 1. The molecule has 0 saturated heterocycles. The van der Waals surface area contributed by atoms with Gasteiger partial charge in [-0.3, -0.25) is 9.69 Å². The first-order valence-electron chi connectivity index (χ1n) is 8.70. The standard InChI is InChI=1S/C21H26N2O/c1-15-8-6-12-19(16(15)2)22-21(24)14-23(3)20-13-7-10-17-9-4-5-11-18(17)20/h4-6,8-9,11-12,20H,7,10,13-14H2,1-3H3,(H,22,24)/t20-/m1/s1. The van der Waals surface area contributed by atoms with Crippen LogP contribution in [0.25, 0.3) is 0 Å². The van der Waals surface area contributed by atoms with Crippen LogP contribution in [-0.2, 0) is 11.2 Å². The minimum absolute atomic E-state index is 0.0502. The van der Waals surface area contributed by atoms with Crippen molar-refractivity contribution in [2.24, 2.45) is 0 Å². The highest BCUT2D eigenvalue weighted by Gasteiger charge is 2.24. The van der Waals surface area contributed by atoms with Crippen LogP contribution in [-0.4, -0.2) is 24.4 Å². The maximum atomic E-state index is 12.5. The molecule has 3 rings (SSSR count). The van der Waals surface area contributed by atoms with E-state index in [0.717, 1.165) is 24.1 Å². The van der Waals surface area contributed by atoms with E-state index in [2.05, 4.69) is 54.5 Å². The van der Waals surface area contributed by atoms with Crippen molar-refractivity contribution in [1.29, 1.82) is 0 Å². The summed E-state index contributed by atoms with van der Waals surface area (Å²) in [4.78, 5) is 14.7. The number of amides is 1. The predicted octanol–water partition coefficient (Wildman–Crippen LogP) is 4.25.